The Morgan fingerprint density at radius 1 is 1.33 bits per heavy atom. The lowest BCUT2D eigenvalue weighted by molar-refractivity contribution is 0.00759. The van der Waals surface area contributed by atoms with Crippen LogP contribution >= 0.6 is 0 Å². The molecule has 0 heterocycles. The van der Waals surface area contributed by atoms with Gasteiger partial charge in [0.1, 0.15) is 0 Å². The summed E-state index contributed by atoms with van der Waals surface area (Å²) in [6, 6.07) is -0.621. The van der Waals surface area contributed by atoms with E-state index in [0.29, 0.717) is 0 Å². The third-order valence-electron chi connectivity index (χ3n) is 2.53. The molecule has 90 valence electrons. The second-order valence-corrected chi connectivity index (χ2v) is 7.50. The minimum absolute atomic E-state index is 0.211. The van der Waals surface area contributed by atoms with E-state index >= 15 is 0 Å². The van der Waals surface area contributed by atoms with Crippen molar-refractivity contribution in [3.8, 4) is 0 Å². The standard InChI is InChI=1S/C9H17F2NO2S/c1-8(2,3)15(13,14)12-7-4-5-9(10,11)6-7/h7,12H,4-6H2,1-3H3/t7-/m1/s1. The molecule has 1 saturated carbocycles. The zero-order valence-electron chi connectivity index (χ0n) is 9.18. The number of sulfonamides is 1. The van der Waals surface area contributed by atoms with Crippen molar-refractivity contribution in [2.45, 2.75) is 56.7 Å². The van der Waals surface area contributed by atoms with E-state index < -0.39 is 26.7 Å². The monoisotopic (exact) mass is 241 g/mol. The maximum absolute atomic E-state index is 12.8. The first-order valence-corrected chi connectivity index (χ1v) is 6.41. The highest BCUT2D eigenvalue weighted by Gasteiger charge is 2.42. The largest absolute Gasteiger partial charge is 0.249 e. The van der Waals surface area contributed by atoms with Crippen molar-refractivity contribution < 1.29 is 17.2 Å². The van der Waals surface area contributed by atoms with Crippen LogP contribution in [0.5, 0.6) is 0 Å². The van der Waals surface area contributed by atoms with Crippen molar-refractivity contribution in [2.75, 3.05) is 0 Å². The molecular formula is C9H17F2NO2S. The summed E-state index contributed by atoms with van der Waals surface area (Å²) in [6.07, 6.45) is -0.408. The minimum atomic E-state index is -3.51. The molecule has 1 aliphatic carbocycles. The molecule has 0 aromatic heterocycles. The smallest absolute Gasteiger partial charge is 0.212 e. The Labute approximate surface area is 89.3 Å². The normalized spacial score (nSPS) is 26.9. The van der Waals surface area contributed by atoms with Gasteiger partial charge in [-0.15, -0.1) is 0 Å². The Kier molecular flexibility index (Phi) is 3.13. The van der Waals surface area contributed by atoms with Gasteiger partial charge in [0.15, 0.2) is 0 Å². The predicted octanol–water partition coefficient (Wildman–Crippen LogP) is 1.89. The molecule has 1 N–H and O–H groups in total. The van der Waals surface area contributed by atoms with E-state index in [1.165, 1.54) is 0 Å². The number of hydrogen-bond acceptors (Lipinski definition) is 2. The van der Waals surface area contributed by atoms with Crippen molar-refractivity contribution >= 4 is 10.0 Å². The SMILES string of the molecule is CC(C)(C)S(=O)(=O)N[C@@H]1CCC(F)(F)C1. The van der Waals surface area contributed by atoms with Gasteiger partial charge in [-0.3, -0.25) is 0 Å². The Hall–Kier alpha value is -0.230. The van der Waals surface area contributed by atoms with Crippen molar-refractivity contribution in [1.82, 2.24) is 4.72 Å². The molecule has 0 aromatic carbocycles. The Bertz CT molecular complexity index is 333. The van der Waals surface area contributed by atoms with Crippen LogP contribution in [0.25, 0.3) is 0 Å². The molecule has 0 aromatic rings. The average Bonchev–Trinajstić information content (AvgIpc) is 2.26. The molecule has 15 heavy (non-hydrogen) atoms. The van der Waals surface area contributed by atoms with Gasteiger partial charge in [-0.25, -0.2) is 21.9 Å². The molecule has 0 aliphatic heterocycles. The first-order valence-electron chi connectivity index (χ1n) is 4.93. The highest BCUT2D eigenvalue weighted by molar-refractivity contribution is 7.90. The van der Waals surface area contributed by atoms with E-state index in [-0.39, 0.29) is 19.3 Å². The van der Waals surface area contributed by atoms with E-state index in [1.54, 1.807) is 20.8 Å². The molecule has 1 fully saturated rings. The first kappa shape index (κ1) is 12.8. The van der Waals surface area contributed by atoms with Crippen LogP contribution in [0, 0.1) is 0 Å². The van der Waals surface area contributed by atoms with Crippen LogP contribution in [0.3, 0.4) is 0 Å². The van der Waals surface area contributed by atoms with Gasteiger partial charge in [-0.1, -0.05) is 0 Å². The zero-order chi connectivity index (χ0) is 11.9. The summed E-state index contributed by atoms with van der Waals surface area (Å²) in [5, 5.41) is 0. The van der Waals surface area contributed by atoms with E-state index in [2.05, 4.69) is 4.72 Å². The molecule has 0 amide bonds. The minimum Gasteiger partial charge on any atom is -0.212 e. The molecule has 1 atom stereocenters. The molecule has 1 rings (SSSR count). The Morgan fingerprint density at radius 2 is 1.87 bits per heavy atom. The maximum atomic E-state index is 12.8. The molecule has 0 bridgehead atoms. The molecule has 0 spiro atoms. The molecule has 0 saturated heterocycles. The third kappa shape index (κ3) is 3.11. The third-order valence-corrected chi connectivity index (χ3v) is 4.79. The van der Waals surface area contributed by atoms with Gasteiger partial charge in [-0.05, 0) is 27.2 Å². The quantitative estimate of drug-likeness (QED) is 0.802. The summed E-state index contributed by atoms with van der Waals surface area (Å²) in [7, 11) is -3.51. The topological polar surface area (TPSA) is 46.2 Å². The van der Waals surface area contributed by atoms with Crippen LogP contribution in [-0.4, -0.2) is 25.1 Å². The molecule has 0 unspecified atom stereocenters. The van der Waals surface area contributed by atoms with Crippen LogP contribution in [-0.2, 0) is 10.0 Å². The molecule has 1 aliphatic rings. The Balaban J connectivity index is 2.66. The van der Waals surface area contributed by atoms with Crippen molar-refractivity contribution in [3.05, 3.63) is 0 Å². The molecule has 3 nitrogen and oxygen atoms in total. The van der Waals surface area contributed by atoms with Crippen LogP contribution < -0.4 is 4.72 Å². The molecular weight excluding hydrogens is 224 g/mol. The van der Waals surface area contributed by atoms with Crippen molar-refractivity contribution in [1.29, 1.82) is 0 Å². The lowest BCUT2D eigenvalue weighted by atomic mass is 10.3. The van der Waals surface area contributed by atoms with Gasteiger partial charge >= 0.3 is 0 Å². The highest BCUT2D eigenvalue weighted by atomic mass is 32.2. The Morgan fingerprint density at radius 3 is 2.20 bits per heavy atom. The zero-order valence-corrected chi connectivity index (χ0v) is 10.00. The van der Waals surface area contributed by atoms with E-state index in [1.807, 2.05) is 0 Å². The lowest BCUT2D eigenvalue weighted by Gasteiger charge is -2.22. The van der Waals surface area contributed by atoms with Crippen LogP contribution in [0.2, 0.25) is 0 Å². The summed E-state index contributed by atoms with van der Waals surface area (Å²) in [4.78, 5) is 0. The number of hydrogen-bond donors (Lipinski definition) is 1. The predicted molar refractivity (Wildman–Crippen MR) is 54.4 cm³/mol. The highest BCUT2D eigenvalue weighted by Crippen LogP contribution is 2.35. The van der Waals surface area contributed by atoms with E-state index in [4.69, 9.17) is 0 Å². The summed E-state index contributed by atoms with van der Waals surface area (Å²) in [5.41, 5.74) is 0. The van der Waals surface area contributed by atoms with Gasteiger partial charge in [0.05, 0.1) is 4.75 Å². The molecule has 6 heteroatoms. The number of nitrogens with one attached hydrogen (secondary N) is 1. The number of halogens is 2. The first-order chi connectivity index (χ1) is 6.54. The lowest BCUT2D eigenvalue weighted by Crippen LogP contribution is -2.44. The fourth-order valence-corrected chi connectivity index (χ4v) is 2.44. The van der Waals surface area contributed by atoms with Gasteiger partial charge in [0.25, 0.3) is 0 Å². The van der Waals surface area contributed by atoms with Crippen molar-refractivity contribution in [2.24, 2.45) is 0 Å². The van der Waals surface area contributed by atoms with Crippen molar-refractivity contribution in [3.63, 3.8) is 0 Å². The second-order valence-electron chi connectivity index (χ2n) is 5.03. The number of rotatable bonds is 2. The number of alkyl halides is 2. The average molecular weight is 241 g/mol. The van der Waals surface area contributed by atoms with Gasteiger partial charge in [-0.2, -0.15) is 0 Å². The van der Waals surface area contributed by atoms with E-state index in [0.717, 1.165) is 0 Å². The summed E-state index contributed by atoms with van der Waals surface area (Å²) in [5.74, 6) is -2.72. The summed E-state index contributed by atoms with van der Waals surface area (Å²) < 4.78 is 50.4. The van der Waals surface area contributed by atoms with Crippen LogP contribution in [0.4, 0.5) is 8.78 Å². The van der Waals surface area contributed by atoms with Crippen LogP contribution in [0.1, 0.15) is 40.0 Å². The van der Waals surface area contributed by atoms with Gasteiger partial charge < -0.3 is 0 Å². The fourth-order valence-electron chi connectivity index (χ4n) is 1.45. The van der Waals surface area contributed by atoms with Gasteiger partial charge in [0, 0.05) is 18.9 Å². The van der Waals surface area contributed by atoms with Gasteiger partial charge in [0.2, 0.25) is 15.9 Å². The van der Waals surface area contributed by atoms with E-state index in [9.17, 15) is 17.2 Å². The summed E-state index contributed by atoms with van der Waals surface area (Å²) >= 11 is 0. The fraction of sp³-hybridized carbons (Fsp3) is 1.00. The molecule has 0 radical (unpaired) electrons. The second kappa shape index (κ2) is 3.66. The summed E-state index contributed by atoms with van der Waals surface area (Å²) in [6.45, 7) is 4.63. The van der Waals surface area contributed by atoms with Crippen LogP contribution in [0.15, 0.2) is 0 Å². The maximum Gasteiger partial charge on any atom is 0.249 e.